The van der Waals surface area contributed by atoms with E-state index in [-0.39, 0.29) is 0 Å². The van der Waals surface area contributed by atoms with E-state index in [0.717, 1.165) is 5.75 Å². The number of unbranched alkanes of at least 4 members (excludes halogenated alkanes) is 4. The number of ether oxygens (including phenoxy) is 1. The van der Waals surface area contributed by atoms with Gasteiger partial charge in [-0.15, -0.1) is 0 Å². The van der Waals surface area contributed by atoms with Crippen LogP contribution in [-0.4, -0.2) is 19.7 Å². The van der Waals surface area contributed by atoms with Gasteiger partial charge >= 0.3 is 0 Å². The Labute approximate surface area is 172 Å². The Balaban J connectivity index is 1.98. The van der Waals surface area contributed by atoms with Crippen molar-refractivity contribution in [1.29, 1.82) is 0 Å². The first-order chi connectivity index (χ1) is 13.8. The van der Waals surface area contributed by atoms with Crippen LogP contribution in [0.1, 0.15) is 70.4 Å². The zero-order chi connectivity index (χ0) is 20.0. The molecule has 2 aromatic rings. The lowest BCUT2D eigenvalue weighted by Crippen LogP contribution is -2.25. The monoisotopic (exact) mass is 379 g/mol. The Morgan fingerprint density at radius 2 is 1.18 bits per heavy atom. The van der Waals surface area contributed by atoms with Crippen LogP contribution in [-0.2, 0) is 0 Å². The Kier molecular flexibility index (Phi) is 10.3. The molecule has 0 heterocycles. The van der Waals surface area contributed by atoms with Crippen LogP contribution in [0, 0.1) is 0 Å². The van der Waals surface area contributed by atoms with E-state index in [0.29, 0.717) is 6.61 Å². The second-order valence-electron chi connectivity index (χ2n) is 7.33. The number of hydrogen-bond donors (Lipinski definition) is 0. The molecule has 0 unspecified atom stereocenters. The van der Waals surface area contributed by atoms with Crippen molar-refractivity contribution in [2.45, 2.75) is 59.3 Å². The normalized spacial score (nSPS) is 11.1. The summed E-state index contributed by atoms with van der Waals surface area (Å²) in [7, 11) is 0. The van der Waals surface area contributed by atoms with Crippen molar-refractivity contribution in [1.82, 2.24) is 0 Å². The molecule has 0 bridgehead atoms. The Bertz CT molecular complexity index is 663. The molecule has 2 aromatic carbocycles. The lowest BCUT2D eigenvalue weighted by molar-refractivity contribution is 0.340. The minimum absolute atomic E-state index is 0.704. The summed E-state index contributed by atoms with van der Waals surface area (Å²) in [6, 6.07) is 17.2. The maximum Gasteiger partial charge on any atom is 0.119 e. The van der Waals surface area contributed by atoms with Crippen molar-refractivity contribution in [2.75, 3.05) is 24.6 Å². The van der Waals surface area contributed by atoms with Gasteiger partial charge in [0.25, 0.3) is 0 Å². The van der Waals surface area contributed by atoms with E-state index in [1.54, 1.807) is 0 Å². The number of benzene rings is 2. The molecule has 152 valence electrons. The molecule has 0 atom stereocenters. The quantitative estimate of drug-likeness (QED) is 0.265. The molecule has 0 amide bonds. The van der Waals surface area contributed by atoms with Crippen LogP contribution in [0.15, 0.2) is 48.5 Å². The van der Waals surface area contributed by atoms with E-state index in [9.17, 15) is 0 Å². The Morgan fingerprint density at radius 1 is 0.679 bits per heavy atom. The molecule has 0 aliphatic rings. The van der Waals surface area contributed by atoms with Crippen molar-refractivity contribution in [3.63, 3.8) is 0 Å². The fraction of sp³-hybridized carbons (Fsp3) is 0.462. The SMILES string of the molecule is CCCCCN(CCCCC)c1ccc(C=Cc2ccc(OCC)cc2)cc1. The zero-order valence-corrected chi connectivity index (χ0v) is 18.0. The first kappa shape index (κ1) is 22.1. The molecule has 0 saturated carbocycles. The molecule has 0 spiro atoms. The highest BCUT2D eigenvalue weighted by Crippen LogP contribution is 2.19. The molecule has 2 rings (SSSR count). The standard InChI is InChI=1S/C26H37NO/c1-4-7-9-21-27(22-10-8-5-2)25-17-13-23(14-18-25)11-12-24-15-19-26(20-16-24)28-6-3/h11-20H,4-10,21-22H2,1-3H3. The predicted octanol–water partition coefficient (Wildman–Crippen LogP) is 7.44. The maximum absolute atomic E-state index is 5.50. The van der Waals surface area contributed by atoms with Gasteiger partial charge in [-0.3, -0.25) is 0 Å². The molecule has 0 aliphatic heterocycles. The van der Waals surface area contributed by atoms with Crippen molar-refractivity contribution in [3.05, 3.63) is 59.7 Å². The minimum Gasteiger partial charge on any atom is -0.494 e. The van der Waals surface area contributed by atoms with Gasteiger partial charge < -0.3 is 9.64 Å². The van der Waals surface area contributed by atoms with Gasteiger partial charge in [-0.2, -0.15) is 0 Å². The second kappa shape index (κ2) is 13.0. The van der Waals surface area contributed by atoms with Gasteiger partial charge in [-0.05, 0) is 55.2 Å². The molecular formula is C26H37NO. The average molecular weight is 380 g/mol. The van der Waals surface area contributed by atoms with Gasteiger partial charge in [0.15, 0.2) is 0 Å². The van der Waals surface area contributed by atoms with Crippen molar-refractivity contribution in [2.24, 2.45) is 0 Å². The molecular weight excluding hydrogens is 342 g/mol. The van der Waals surface area contributed by atoms with Crippen LogP contribution in [0.25, 0.3) is 12.2 Å². The second-order valence-corrected chi connectivity index (χ2v) is 7.33. The molecule has 0 aliphatic carbocycles. The Hall–Kier alpha value is -2.22. The predicted molar refractivity (Wildman–Crippen MR) is 124 cm³/mol. The molecule has 0 fully saturated rings. The van der Waals surface area contributed by atoms with Gasteiger partial charge in [0.1, 0.15) is 5.75 Å². The molecule has 0 saturated heterocycles. The van der Waals surface area contributed by atoms with Gasteiger partial charge in [0.05, 0.1) is 6.61 Å². The maximum atomic E-state index is 5.50. The molecule has 0 aromatic heterocycles. The highest BCUT2D eigenvalue weighted by molar-refractivity contribution is 5.70. The Morgan fingerprint density at radius 3 is 1.64 bits per heavy atom. The summed E-state index contributed by atoms with van der Waals surface area (Å²) < 4.78 is 5.50. The van der Waals surface area contributed by atoms with Gasteiger partial charge in [0, 0.05) is 18.8 Å². The lowest BCUT2D eigenvalue weighted by atomic mass is 10.1. The summed E-state index contributed by atoms with van der Waals surface area (Å²) in [4.78, 5) is 2.56. The molecule has 28 heavy (non-hydrogen) atoms. The van der Waals surface area contributed by atoms with Crippen molar-refractivity contribution < 1.29 is 4.74 Å². The van der Waals surface area contributed by atoms with Crippen molar-refractivity contribution >= 4 is 17.8 Å². The topological polar surface area (TPSA) is 12.5 Å². The molecule has 0 N–H and O–H groups in total. The summed E-state index contributed by atoms with van der Waals surface area (Å²) in [5, 5.41) is 0. The van der Waals surface area contributed by atoms with Crippen LogP contribution < -0.4 is 9.64 Å². The summed E-state index contributed by atoms with van der Waals surface area (Å²) in [5.41, 5.74) is 3.78. The van der Waals surface area contributed by atoms with E-state index < -0.39 is 0 Å². The largest absolute Gasteiger partial charge is 0.494 e. The van der Waals surface area contributed by atoms with E-state index in [1.165, 1.54) is 68.4 Å². The lowest BCUT2D eigenvalue weighted by Gasteiger charge is -2.25. The van der Waals surface area contributed by atoms with Crippen LogP contribution in [0.4, 0.5) is 5.69 Å². The third kappa shape index (κ3) is 7.80. The number of anilines is 1. The van der Waals surface area contributed by atoms with Crippen LogP contribution in [0.2, 0.25) is 0 Å². The number of hydrogen-bond acceptors (Lipinski definition) is 2. The third-order valence-corrected chi connectivity index (χ3v) is 4.98. The van der Waals surface area contributed by atoms with Crippen molar-refractivity contribution in [3.8, 4) is 5.75 Å². The van der Waals surface area contributed by atoms with Crippen LogP contribution in [0.3, 0.4) is 0 Å². The summed E-state index contributed by atoms with van der Waals surface area (Å²) in [6.07, 6.45) is 12.1. The number of rotatable bonds is 13. The fourth-order valence-corrected chi connectivity index (χ4v) is 3.31. The van der Waals surface area contributed by atoms with Crippen LogP contribution in [0.5, 0.6) is 5.75 Å². The zero-order valence-electron chi connectivity index (χ0n) is 18.0. The first-order valence-electron chi connectivity index (χ1n) is 11.0. The summed E-state index contributed by atoms with van der Waals surface area (Å²) in [6.45, 7) is 9.58. The van der Waals surface area contributed by atoms with Gasteiger partial charge in [-0.25, -0.2) is 0 Å². The highest BCUT2D eigenvalue weighted by Gasteiger charge is 2.05. The van der Waals surface area contributed by atoms with Gasteiger partial charge in [-0.1, -0.05) is 75.9 Å². The van der Waals surface area contributed by atoms with Crippen LogP contribution >= 0.6 is 0 Å². The molecule has 2 nitrogen and oxygen atoms in total. The van der Waals surface area contributed by atoms with Gasteiger partial charge in [0.2, 0.25) is 0 Å². The highest BCUT2D eigenvalue weighted by atomic mass is 16.5. The van der Waals surface area contributed by atoms with E-state index in [1.807, 2.05) is 19.1 Å². The average Bonchev–Trinajstić information content (AvgIpc) is 2.73. The minimum atomic E-state index is 0.704. The van der Waals surface area contributed by atoms with E-state index >= 15 is 0 Å². The third-order valence-electron chi connectivity index (χ3n) is 4.98. The molecule has 0 radical (unpaired) electrons. The summed E-state index contributed by atoms with van der Waals surface area (Å²) >= 11 is 0. The first-order valence-corrected chi connectivity index (χ1v) is 11.0. The smallest absolute Gasteiger partial charge is 0.119 e. The van der Waals surface area contributed by atoms with E-state index in [4.69, 9.17) is 4.74 Å². The summed E-state index contributed by atoms with van der Waals surface area (Å²) in [5.74, 6) is 0.926. The fourth-order valence-electron chi connectivity index (χ4n) is 3.31. The van der Waals surface area contributed by atoms with E-state index in [2.05, 4.69) is 67.3 Å². The molecule has 2 heteroatoms. The number of nitrogens with zero attached hydrogens (tertiary/aromatic N) is 1.